The van der Waals surface area contributed by atoms with Crippen molar-refractivity contribution in [2.75, 3.05) is 11.5 Å². The molecule has 0 aliphatic heterocycles. The van der Waals surface area contributed by atoms with Gasteiger partial charge in [-0.15, -0.1) is 0 Å². The van der Waals surface area contributed by atoms with Crippen LogP contribution in [0.3, 0.4) is 0 Å². The predicted octanol–water partition coefficient (Wildman–Crippen LogP) is 9.59. The van der Waals surface area contributed by atoms with Crippen molar-refractivity contribution in [3.8, 4) is 22.3 Å². The van der Waals surface area contributed by atoms with Gasteiger partial charge in [0, 0.05) is 28.1 Å². The van der Waals surface area contributed by atoms with E-state index < -0.39 is 19.7 Å². The first-order valence-corrected chi connectivity index (χ1v) is 21.8. The summed E-state index contributed by atoms with van der Waals surface area (Å²) >= 11 is 6.07. The van der Waals surface area contributed by atoms with Crippen molar-refractivity contribution in [2.24, 2.45) is 11.8 Å². The highest BCUT2D eigenvalue weighted by Gasteiger charge is 2.29. The van der Waals surface area contributed by atoms with Crippen LogP contribution >= 0.6 is 11.6 Å². The number of aryl methyl sites for hydroxylation is 4. The van der Waals surface area contributed by atoms with Crippen LogP contribution in [0.25, 0.3) is 44.1 Å². The molecule has 0 radical (unpaired) electrons. The minimum Gasteiger partial charge on any atom is -0.361 e. The molecule has 0 N–H and O–H groups in total. The Morgan fingerprint density at radius 2 is 1.13 bits per heavy atom. The first-order valence-electron chi connectivity index (χ1n) is 18.1. The van der Waals surface area contributed by atoms with Gasteiger partial charge in [-0.2, -0.15) is 0 Å². The van der Waals surface area contributed by atoms with E-state index in [4.69, 9.17) is 20.6 Å². The van der Waals surface area contributed by atoms with Gasteiger partial charge in [-0.1, -0.05) is 47.6 Å². The number of sulfone groups is 2. The van der Waals surface area contributed by atoms with E-state index in [0.717, 1.165) is 79.3 Å². The zero-order chi connectivity index (χ0) is 37.5. The maximum absolute atomic E-state index is 13.3. The molecule has 4 heterocycles. The van der Waals surface area contributed by atoms with Crippen LogP contribution in [0.15, 0.2) is 73.6 Å². The van der Waals surface area contributed by atoms with E-state index in [9.17, 15) is 16.8 Å². The molecule has 53 heavy (non-hydrogen) atoms. The molecule has 0 spiro atoms. The SMILES string of the molecule is Cc1noc(C)c1-c1cc(S(=O)(=O)CC2CCCC2)c2ccc(Cl)nc2c1.Cc1noc(C)c1-c1cc(S(=O)(=O)CC2CCCC2)c2cccnc2c1. The molecule has 0 unspecified atom stereocenters. The van der Waals surface area contributed by atoms with Gasteiger partial charge in [0.15, 0.2) is 19.7 Å². The van der Waals surface area contributed by atoms with E-state index in [1.165, 1.54) is 0 Å². The van der Waals surface area contributed by atoms with E-state index in [1.54, 1.807) is 36.5 Å². The Labute approximate surface area is 315 Å². The normalized spacial score (nSPS) is 15.7. The maximum atomic E-state index is 13.3. The van der Waals surface area contributed by atoms with Gasteiger partial charge in [0.2, 0.25) is 0 Å². The zero-order valence-corrected chi connectivity index (χ0v) is 32.7. The number of aromatic nitrogens is 4. The van der Waals surface area contributed by atoms with Crippen LogP contribution in [0.1, 0.15) is 74.3 Å². The third-order valence-electron chi connectivity index (χ3n) is 10.6. The first kappa shape index (κ1) is 37.2. The Morgan fingerprint density at radius 3 is 1.60 bits per heavy atom. The quantitative estimate of drug-likeness (QED) is 0.137. The fraction of sp³-hybridized carbons (Fsp3) is 0.400. The number of hydrogen-bond acceptors (Lipinski definition) is 10. The molecule has 8 rings (SSSR count). The second-order valence-corrected chi connectivity index (χ2v) is 18.9. The number of pyridine rings is 2. The molecule has 0 bridgehead atoms. The standard InChI is InChI=1S/C20H21ClN2O3S.C20H22N2O3S/c1-12-20(13(2)26-23-12)15-9-17-16(7-8-19(21)22-17)18(10-15)27(24,25)11-14-5-3-4-6-14;1-13-20(14(2)25-22-13)16-10-18-17(8-5-9-21-18)19(11-16)26(23,24)12-15-6-3-4-7-15/h7-10,14H,3-6,11H2,1-2H3;5,8-11,15H,3-4,6-7,12H2,1-2H3. The van der Waals surface area contributed by atoms with Crippen LogP contribution in [0.5, 0.6) is 0 Å². The van der Waals surface area contributed by atoms with Gasteiger partial charge in [-0.05, 0) is 125 Å². The van der Waals surface area contributed by atoms with E-state index >= 15 is 0 Å². The van der Waals surface area contributed by atoms with Gasteiger partial charge in [-0.25, -0.2) is 21.8 Å². The molecule has 2 saturated carbocycles. The second kappa shape index (κ2) is 14.9. The highest BCUT2D eigenvalue weighted by molar-refractivity contribution is 7.92. The minimum absolute atomic E-state index is 0.176. The Balaban J connectivity index is 0.000000164. The number of nitrogens with zero attached hydrogens (tertiary/aromatic N) is 4. The first-order chi connectivity index (χ1) is 25.3. The summed E-state index contributed by atoms with van der Waals surface area (Å²) in [6, 6.07) is 14.2. The number of benzene rings is 2. The van der Waals surface area contributed by atoms with E-state index in [0.29, 0.717) is 54.0 Å². The lowest BCUT2D eigenvalue weighted by molar-refractivity contribution is 0.393. The summed E-state index contributed by atoms with van der Waals surface area (Å²) in [5.41, 5.74) is 5.87. The second-order valence-electron chi connectivity index (χ2n) is 14.5. The summed E-state index contributed by atoms with van der Waals surface area (Å²) < 4.78 is 63.6. The summed E-state index contributed by atoms with van der Waals surface area (Å²) in [5.74, 6) is 2.20. The van der Waals surface area contributed by atoms with Crippen molar-refractivity contribution < 1.29 is 25.9 Å². The van der Waals surface area contributed by atoms with Crippen LogP contribution in [0, 0.1) is 39.5 Å². The summed E-state index contributed by atoms with van der Waals surface area (Å²) in [4.78, 5) is 9.44. The van der Waals surface area contributed by atoms with Crippen LogP contribution < -0.4 is 0 Å². The Morgan fingerprint density at radius 1 is 0.660 bits per heavy atom. The topological polar surface area (TPSA) is 146 Å². The van der Waals surface area contributed by atoms with Gasteiger partial charge < -0.3 is 9.05 Å². The fourth-order valence-electron chi connectivity index (χ4n) is 8.07. The Bertz CT molecular complexity index is 2490. The summed E-state index contributed by atoms with van der Waals surface area (Å²) in [7, 11) is -6.86. The molecule has 2 aliphatic rings. The third kappa shape index (κ3) is 7.77. The third-order valence-corrected chi connectivity index (χ3v) is 14.6. The van der Waals surface area contributed by atoms with Crippen LogP contribution in [-0.4, -0.2) is 48.6 Å². The monoisotopic (exact) mass is 774 g/mol. The van der Waals surface area contributed by atoms with Gasteiger partial charge in [0.1, 0.15) is 16.7 Å². The van der Waals surface area contributed by atoms with Crippen LogP contribution in [0.2, 0.25) is 5.15 Å². The molecule has 2 fully saturated rings. The van der Waals surface area contributed by atoms with E-state index in [2.05, 4.69) is 20.3 Å². The highest BCUT2D eigenvalue weighted by atomic mass is 35.5. The molecular weight excluding hydrogens is 732 g/mol. The van der Waals surface area contributed by atoms with Crippen molar-refractivity contribution in [3.05, 3.63) is 82.8 Å². The molecule has 2 aliphatic carbocycles. The Kier molecular flexibility index (Phi) is 10.5. The van der Waals surface area contributed by atoms with Crippen molar-refractivity contribution >= 4 is 53.1 Å². The predicted molar refractivity (Wildman–Crippen MR) is 206 cm³/mol. The largest absolute Gasteiger partial charge is 0.361 e. The molecule has 2 aromatic carbocycles. The van der Waals surface area contributed by atoms with Crippen molar-refractivity contribution in [1.82, 2.24) is 20.3 Å². The van der Waals surface area contributed by atoms with Crippen molar-refractivity contribution in [3.63, 3.8) is 0 Å². The average Bonchev–Trinajstić information content (AvgIpc) is 3.94. The average molecular weight is 775 g/mol. The molecule has 6 aromatic rings. The summed E-state index contributed by atoms with van der Waals surface area (Å²) in [6.45, 7) is 7.36. The lowest BCUT2D eigenvalue weighted by Crippen LogP contribution is -2.14. The lowest BCUT2D eigenvalue weighted by atomic mass is 10.0. The molecule has 4 aromatic heterocycles. The van der Waals surface area contributed by atoms with Crippen molar-refractivity contribution in [2.45, 2.75) is 88.9 Å². The molecule has 278 valence electrons. The summed E-state index contributed by atoms with van der Waals surface area (Å²) in [6.07, 6.45) is 10.1. The number of rotatable bonds is 8. The zero-order valence-electron chi connectivity index (χ0n) is 30.4. The highest BCUT2D eigenvalue weighted by Crippen LogP contribution is 2.37. The van der Waals surface area contributed by atoms with Crippen LogP contribution in [-0.2, 0) is 19.7 Å². The number of hydrogen-bond donors (Lipinski definition) is 0. The van der Waals surface area contributed by atoms with Crippen molar-refractivity contribution in [1.29, 1.82) is 0 Å². The number of halogens is 1. The maximum Gasteiger partial charge on any atom is 0.179 e. The smallest absolute Gasteiger partial charge is 0.179 e. The Hall–Kier alpha value is -4.13. The molecule has 0 amide bonds. The van der Waals surface area contributed by atoms with Gasteiger partial charge in [0.05, 0.1) is 43.7 Å². The van der Waals surface area contributed by atoms with E-state index in [1.807, 2.05) is 45.9 Å². The van der Waals surface area contributed by atoms with Crippen LogP contribution in [0.4, 0.5) is 0 Å². The van der Waals surface area contributed by atoms with Gasteiger partial charge in [0.25, 0.3) is 0 Å². The molecule has 0 atom stereocenters. The molecule has 10 nitrogen and oxygen atoms in total. The molecule has 0 saturated heterocycles. The summed E-state index contributed by atoms with van der Waals surface area (Å²) in [5, 5.41) is 9.61. The van der Waals surface area contributed by atoms with Gasteiger partial charge in [-0.3, -0.25) is 4.98 Å². The van der Waals surface area contributed by atoms with E-state index in [-0.39, 0.29) is 23.3 Å². The lowest BCUT2D eigenvalue weighted by Gasteiger charge is -2.14. The minimum atomic E-state index is -3.46. The molecule has 13 heteroatoms. The molecular formula is C40H43ClN4O6S2. The van der Waals surface area contributed by atoms with Gasteiger partial charge >= 0.3 is 0 Å². The number of fused-ring (bicyclic) bond motifs is 2. The fourth-order valence-corrected chi connectivity index (χ4v) is 12.1.